The molecule has 0 saturated heterocycles. The fourth-order valence-corrected chi connectivity index (χ4v) is 6.99. The normalized spacial score (nSPS) is 13.2. The lowest BCUT2D eigenvalue weighted by Gasteiger charge is -2.46. The summed E-state index contributed by atoms with van der Waals surface area (Å²) in [5.41, 5.74) is 1.30. The molecule has 300 valence electrons. The SMILES string of the molecule is CCCCC/C=C\C/C=C\CCCCCCCCC(CCCCCCCC/C=C\C/C=C\CCCCC)n1cc(CC(C)(C)C(C)(C)N(C)C)nn1. The average Bonchev–Trinajstić information content (AvgIpc) is 3.57. The van der Waals surface area contributed by atoms with E-state index in [1.165, 1.54) is 154 Å². The number of nitrogens with zero attached hydrogens (tertiary/aromatic N) is 4. The Morgan fingerprint density at radius 3 is 1.35 bits per heavy atom. The third kappa shape index (κ3) is 23.7. The molecule has 4 heteroatoms. The summed E-state index contributed by atoms with van der Waals surface area (Å²) < 4.78 is 2.24. The van der Waals surface area contributed by atoms with Crippen molar-refractivity contribution < 1.29 is 0 Å². The van der Waals surface area contributed by atoms with Crippen molar-refractivity contribution in [1.29, 1.82) is 0 Å². The molecule has 1 aromatic heterocycles. The summed E-state index contributed by atoms with van der Waals surface area (Å²) >= 11 is 0. The molecule has 52 heavy (non-hydrogen) atoms. The third-order valence-electron chi connectivity index (χ3n) is 11.8. The van der Waals surface area contributed by atoms with E-state index in [0.717, 1.165) is 25.0 Å². The van der Waals surface area contributed by atoms with Gasteiger partial charge >= 0.3 is 0 Å². The fraction of sp³-hybridized carbons (Fsp3) is 0.792. The van der Waals surface area contributed by atoms with E-state index in [-0.39, 0.29) is 11.0 Å². The highest BCUT2D eigenvalue weighted by Crippen LogP contribution is 2.37. The number of hydrogen-bond acceptors (Lipinski definition) is 3. The summed E-state index contributed by atoms with van der Waals surface area (Å²) in [6, 6.07) is 0.475. The van der Waals surface area contributed by atoms with Crippen LogP contribution >= 0.6 is 0 Å². The minimum atomic E-state index is 0.0680. The van der Waals surface area contributed by atoms with E-state index in [1.54, 1.807) is 0 Å². The summed E-state index contributed by atoms with van der Waals surface area (Å²) in [6.07, 6.45) is 55.8. The summed E-state index contributed by atoms with van der Waals surface area (Å²) in [6.45, 7) is 14.0. The molecule has 0 spiro atoms. The standard InChI is InChI=1S/C48H88N4/c1-9-11-13-15-17-19-21-23-25-27-29-31-33-35-37-39-41-46(52-44-45(49-50-52)43-47(3,4)48(5,6)51(7)8)42-40-38-36-34-32-30-28-26-24-22-20-18-16-14-12-10-2/h17-20,23-26,44,46H,9-16,21-22,27-43H2,1-8H3/b19-17-,20-18-,25-23-,26-24-. The zero-order valence-electron chi connectivity index (χ0n) is 36.2. The van der Waals surface area contributed by atoms with E-state index in [4.69, 9.17) is 10.3 Å². The molecule has 0 aromatic carbocycles. The van der Waals surface area contributed by atoms with Gasteiger partial charge in [0.25, 0.3) is 0 Å². The molecular formula is C48H88N4. The van der Waals surface area contributed by atoms with Crippen LogP contribution in [0.15, 0.2) is 54.8 Å². The Morgan fingerprint density at radius 2 is 0.942 bits per heavy atom. The zero-order chi connectivity index (χ0) is 38.2. The highest BCUT2D eigenvalue weighted by atomic mass is 15.4. The Balaban J connectivity index is 2.43. The molecule has 0 atom stereocenters. The number of aromatic nitrogens is 3. The number of unbranched alkanes of at least 4 members (excludes halogenated alkanes) is 18. The van der Waals surface area contributed by atoms with Gasteiger partial charge < -0.3 is 4.90 Å². The van der Waals surface area contributed by atoms with Crippen LogP contribution in [0.3, 0.4) is 0 Å². The summed E-state index contributed by atoms with van der Waals surface area (Å²) in [4.78, 5) is 2.34. The van der Waals surface area contributed by atoms with Gasteiger partial charge in [-0.15, -0.1) is 5.10 Å². The Hall–Kier alpha value is -1.94. The summed E-state index contributed by atoms with van der Waals surface area (Å²) in [7, 11) is 4.38. The first-order valence-electron chi connectivity index (χ1n) is 22.3. The van der Waals surface area contributed by atoms with Crippen LogP contribution in [0.5, 0.6) is 0 Å². The molecule has 0 bridgehead atoms. The maximum atomic E-state index is 4.74. The highest BCUT2D eigenvalue weighted by Gasteiger charge is 2.39. The van der Waals surface area contributed by atoms with E-state index in [1.807, 2.05) is 0 Å². The maximum Gasteiger partial charge on any atom is 0.0833 e. The van der Waals surface area contributed by atoms with Crippen molar-refractivity contribution >= 4 is 0 Å². The molecule has 0 N–H and O–H groups in total. The summed E-state index contributed by atoms with van der Waals surface area (Å²) in [5, 5.41) is 9.46. The van der Waals surface area contributed by atoms with E-state index in [9.17, 15) is 0 Å². The first-order chi connectivity index (χ1) is 25.2. The van der Waals surface area contributed by atoms with Crippen molar-refractivity contribution in [2.45, 2.75) is 226 Å². The Morgan fingerprint density at radius 1 is 0.558 bits per heavy atom. The molecule has 0 aliphatic carbocycles. The van der Waals surface area contributed by atoms with Crippen LogP contribution in [0.1, 0.15) is 220 Å². The van der Waals surface area contributed by atoms with Gasteiger partial charge in [-0.2, -0.15) is 0 Å². The van der Waals surface area contributed by atoms with Gasteiger partial charge in [0.05, 0.1) is 11.7 Å². The first-order valence-corrected chi connectivity index (χ1v) is 22.3. The van der Waals surface area contributed by atoms with Crippen molar-refractivity contribution in [1.82, 2.24) is 19.9 Å². The van der Waals surface area contributed by atoms with Gasteiger partial charge in [0.1, 0.15) is 0 Å². The molecule has 0 unspecified atom stereocenters. The van der Waals surface area contributed by atoms with Gasteiger partial charge in [-0.05, 0) is 117 Å². The number of allylic oxidation sites excluding steroid dienone is 8. The number of hydrogen-bond donors (Lipinski definition) is 0. The smallest absolute Gasteiger partial charge is 0.0833 e. The first kappa shape index (κ1) is 48.1. The minimum absolute atomic E-state index is 0.0680. The second-order valence-corrected chi connectivity index (χ2v) is 17.1. The van der Waals surface area contributed by atoms with Gasteiger partial charge in [-0.3, -0.25) is 0 Å². The summed E-state index contributed by atoms with van der Waals surface area (Å²) in [5.74, 6) is 0. The zero-order valence-corrected chi connectivity index (χ0v) is 36.2. The lowest BCUT2D eigenvalue weighted by molar-refractivity contribution is 0.0500. The molecular weight excluding hydrogens is 633 g/mol. The molecule has 1 aromatic rings. The molecule has 0 radical (unpaired) electrons. The lowest BCUT2D eigenvalue weighted by Crippen LogP contribution is -2.51. The molecule has 4 nitrogen and oxygen atoms in total. The van der Waals surface area contributed by atoms with Crippen LogP contribution in [-0.4, -0.2) is 39.5 Å². The van der Waals surface area contributed by atoms with Gasteiger partial charge in [0, 0.05) is 11.7 Å². The minimum Gasteiger partial charge on any atom is -0.304 e. The van der Waals surface area contributed by atoms with Crippen molar-refractivity contribution in [3.05, 3.63) is 60.5 Å². The highest BCUT2D eigenvalue weighted by molar-refractivity contribution is 5.04. The predicted molar refractivity (Wildman–Crippen MR) is 232 cm³/mol. The van der Waals surface area contributed by atoms with Crippen molar-refractivity contribution in [3.8, 4) is 0 Å². The third-order valence-corrected chi connectivity index (χ3v) is 11.8. The Bertz CT molecular complexity index is 1010. The Labute approximate surface area is 325 Å². The van der Waals surface area contributed by atoms with E-state index in [2.05, 4.69) is 120 Å². The van der Waals surface area contributed by atoms with Crippen LogP contribution in [0.2, 0.25) is 0 Å². The molecule has 1 rings (SSSR count). The monoisotopic (exact) mass is 721 g/mol. The van der Waals surface area contributed by atoms with Crippen LogP contribution < -0.4 is 0 Å². The van der Waals surface area contributed by atoms with E-state index < -0.39 is 0 Å². The predicted octanol–water partition coefficient (Wildman–Crippen LogP) is 15.1. The van der Waals surface area contributed by atoms with Crippen LogP contribution in [-0.2, 0) is 6.42 Å². The van der Waals surface area contributed by atoms with E-state index >= 15 is 0 Å². The van der Waals surface area contributed by atoms with Gasteiger partial charge in [0.2, 0.25) is 0 Å². The van der Waals surface area contributed by atoms with Gasteiger partial charge in [0.15, 0.2) is 0 Å². The van der Waals surface area contributed by atoms with Crippen molar-refractivity contribution in [2.75, 3.05) is 14.1 Å². The average molecular weight is 721 g/mol. The van der Waals surface area contributed by atoms with Gasteiger partial charge in [-0.1, -0.05) is 171 Å². The van der Waals surface area contributed by atoms with Crippen molar-refractivity contribution in [2.24, 2.45) is 5.41 Å². The largest absolute Gasteiger partial charge is 0.304 e. The maximum absolute atomic E-state index is 4.74. The topological polar surface area (TPSA) is 34.0 Å². The van der Waals surface area contributed by atoms with Crippen LogP contribution in [0.25, 0.3) is 0 Å². The molecule has 0 aliphatic rings. The fourth-order valence-electron chi connectivity index (χ4n) is 6.99. The number of rotatable bonds is 35. The van der Waals surface area contributed by atoms with Crippen molar-refractivity contribution in [3.63, 3.8) is 0 Å². The van der Waals surface area contributed by atoms with Crippen LogP contribution in [0, 0.1) is 5.41 Å². The van der Waals surface area contributed by atoms with Gasteiger partial charge in [-0.25, -0.2) is 4.68 Å². The van der Waals surface area contributed by atoms with Crippen LogP contribution in [0.4, 0.5) is 0 Å². The van der Waals surface area contributed by atoms with E-state index in [0.29, 0.717) is 6.04 Å². The Kier molecular flexibility index (Phi) is 29.0. The quantitative estimate of drug-likeness (QED) is 0.0517. The lowest BCUT2D eigenvalue weighted by atomic mass is 9.71. The molecule has 0 amide bonds. The molecule has 0 fully saturated rings. The molecule has 0 saturated carbocycles. The second-order valence-electron chi connectivity index (χ2n) is 17.1. The second kappa shape index (κ2) is 31.4. The molecule has 1 heterocycles. The molecule has 0 aliphatic heterocycles.